The molecule has 17 heavy (non-hydrogen) atoms. The first kappa shape index (κ1) is 14.5. The highest BCUT2D eigenvalue weighted by Crippen LogP contribution is 2.38. The fourth-order valence-corrected chi connectivity index (χ4v) is 1.70. The fourth-order valence-electron chi connectivity index (χ4n) is 1.70. The summed E-state index contributed by atoms with van der Waals surface area (Å²) in [5, 5.41) is 8.89. The largest absolute Gasteiger partial charge is 0.460 e. The molecule has 0 saturated heterocycles. The number of esters is 1. The Balaban J connectivity index is 2.12. The first-order valence-corrected chi connectivity index (χ1v) is 6.26. The molecule has 0 radical (unpaired) electrons. The predicted molar refractivity (Wildman–Crippen MR) is 64.6 cm³/mol. The second-order valence-corrected chi connectivity index (χ2v) is 5.87. The monoisotopic (exact) mass is 244 g/mol. The summed E-state index contributed by atoms with van der Waals surface area (Å²) in [5.41, 5.74) is -0.435. The second-order valence-electron chi connectivity index (χ2n) is 5.87. The van der Waals surface area contributed by atoms with Crippen molar-refractivity contribution in [1.29, 1.82) is 0 Å². The molecule has 1 fully saturated rings. The summed E-state index contributed by atoms with van der Waals surface area (Å²) in [5.74, 6) is 0.657. The third-order valence-electron chi connectivity index (χ3n) is 2.77. The molecule has 3 atom stereocenters. The summed E-state index contributed by atoms with van der Waals surface area (Å²) < 4.78 is 10.8. The minimum atomic E-state index is -0.435. The third-order valence-corrected chi connectivity index (χ3v) is 2.77. The summed E-state index contributed by atoms with van der Waals surface area (Å²) in [4.78, 5) is 11.5. The van der Waals surface area contributed by atoms with Gasteiger partial charge in [-0.3, -0.25) is 4.79 Å². The predicted octanol–water partition coefficient (Wildman–Crippen LogP) is 1.75. The van der Waals surface area contributed by atoms with E-state index in [1.54, 1.807) is 0 Å². The molecular formula is C13H24O4. The Morgan fingerprint density at radius 1 is 1.41 bits per heavy atom. The van der Waals surface area contributed by atoms with Gasteiger partial charge in [-0.05, 0) is 46.0 Å². The van der Waals surface area contributed by atoms with Gasteiger partial charge in [0.15, 0.2) is 0 Å². The number of ether oxygens (including phenoxy) is 2. The lowest BCUT2D eigenvalue weighted by atomic mass is 10.2. The van der Waals surface area contributed by atoms with Crippen LogP contribution in [0.5, 0.6) is 0 Å². The van der Waals surface area contributed by atoms with Crippen molar-refractivity contribution in [2.75, 3.05) is 13.2 Å². The standard InChI is InChI=1S/C13H24O4/c1-9(5-12(15)17-13(2,3)4)16-8-11-6-10(11)7-14/h9-11,14H,5-8H2,1-4H3/t9?,10-,11-/m1/s1. The van der Waals surface area contributed by atoms with Crippen molar-refractivity contribution in [2.45, 2.75) is 52.2 Å². The van der Waals surface area contributed by atoms with Crippen molar-refractivity contribution in [3.63, 3.8) is 0 Å². The van der Waals surface area contributed by atoms with Crippen LogP contribution in [0.25, 0.3) is 0 Å². The molecule has 0 aliphatic heterocycles. The SMILES string of the molecule is CC(CC(=O)OC(C)(C)C)OC[C@H]1C[C@@H]1CO. The molecule has 0 heterocycles. The van der Waals surface area contributed by atoms with Crippen LogP contribution in [-0.4, -0.2) is 36.0 Å². The van der Waals surface area contributed by atoms with E-state index < -0.39 is 5.60 Å². The Kier molecular flexibility index (Phi) is 4.95. The van der Waals surface area contributed by atoms with Crippen molar-refractivity contribution in [3.05, 3.63) is 0 Å². The molecule has 4 heteroatoms. The number of carbonyl (C=O) groups excluding carboxylic acids is 1. The normalized spacial score (nSPS) is 25.5. The topological polar surface area (TPSA) is 55.8 Å². The van der Waals surface area contributed by atoms with Gasteiger partial charge in [0, 0.05) is 6.61 Å². The molecule has 1 saturated carbocycles. The average molecular weight is 244 g/mol. The maximum atomic E-state index is 11.5. The first-order valence-electron chi connectivity index (χ1n) is 6.26. The molecular weight excluding hydrogens is 220 g/mol. The fraction of sp³-hybridized carbons (Fsp3) is 0.923. The van der Waals surface area contributed by atoms with E-state index in [4.69, 9.17) is 14.6 Å². The van der Waals surface area contributed by atoms with Crippen molar-refractivity contribution in [3.8, 4) is 0 Å². The molecule has 1 rings (SSSR count). The number of aliphatic hydroxyl groups excluding tert-OH is 1. The summed E-state index contributed by atoms with van der Waals surface area (Å²) in [6, 6.07) is 0. The third kappa shape index (κ3) is 6.03. The molecule has 0 spiro atoms. The van der Waals surface area contributed by atoms with Crippen LogP contribution >= 0.6 is 0 Å². The molecule has 1 N–H and O–H groups in total. The van der Waals surface area contributed by atoms with Crippen LogP contribution in [0, 0.1) is 11.8 Å². The van der Waals surface area contributed by atoms with Crippen molar-refractivity contribution in [1.82, 2.24) is 0 Å². The second kappa shape index (κ2) is 5.83. The van der Waals surface area contributed by atoms with Gasteiger partial charge in [-0.15, -0.1) is 0 Å². The van der Waals surface area contributed by atoms with Crippen molar-refractivity contribution < 1.29 is 19.4 Å². The minimum absolute atomic E-state index is 0.121. The van der Waals surface area contributed by atoms with E-state index in [1.165, 1.54) is 0 Å². The molecule has 0 aromatic carbocycles. The lowest BCUT2D eigenvalue weighted by Gasteiger charge is -2.21. The lowest BCUT2D eigenvalue weighted by Crippen LogP contribution is -2.26. The number of hydrogen-bond acceptors (Lipinski definition) is 4. The van der Waals surface area contributed by atoms with E-state index >= 15 is 0 Å². The minimum Gasteiger partial charge on any atom is -0.460 e. The number of carbonyl (C=O) groups is 1. The molecule has 100 valence electrons. The maximum absolute atomic E-state index is 11.5. The zero-order valence-electron chi connectivity index (χ0n) is 11.2. The van der Waals surface area contributed by atoms with Gasteiger partial charge in [0.1, 0.15) is 5.60 Å². The molecule has 1 aliphatic rings. The Hall–Kier alpha value is -0.610. The molecule has 0 aromatic rings. The first-order chi connectivity index (χ1) is 7.81. The highest BCUT2D eigenvalue weighted by molar-refractivity contribution is 5.70. The number of aliphatic hydroxyl groups is 1. The van der Waals surface area contributed by atoms with Gasteiger partial charge in [0.05, 0.1) is 19.1 Å². The Morgan fingerprint density at radius 3 is 2.53 bits per heavy atom. The number of hydrogen-bond donors (Lipinski definition) is 1. The van der Waals surface area contributed by atoms with E-state index in [-0.39, 0.29) is 25.1 Å². The van der Waals surface area contributed by atoms with E-state index in [2.05, 4.69) is 0 Å². The van der Waals surface area contributed by atoms with Gasteiger partial charge in [-0.1, -0.05) is 0 Å². The summed E-state index contributed by atoms with van der Waals surface area (Å²) >= 11 is 0. The molecule has 0 bridgehead atoms. The van der Waals surface area contributed by atoms with Crippen LogP contribution in [0.15, 0.2) is 0 Å². The van der Waals surface area contributed by atoms with Gasteiger partial charge >= 0.3 is 5.97 Å². The van der Waals surface area contributed by atoms with Crippen molar-refractivity contribution in [2.24, 2.45) is 11.8 Å². The van der Waals surface area contributed by atoms with Gasteiger partial charge < -0.3 is 14.6 Å². The van der Waals surface area contributed by atoms with Crippen LogP contribution in [0.4, 0.5) is 0 Å². The van der Waals surface area contributed by atoms with Crippen LogP contribution in [0.1, 0.15) is 40.5 Å². The molecule has 0 amide bonds. The average Bonchev–Trinajstić information content (AvgIpc) is 2.89. The van der Waals surface area contributed by atoms with Crippen LogP contribution in [0.2, 0.25) is 0 Å². The summed E-state index contributed by atoms with van der Waals surface area (Å²) in [7, 11) is 0. The van der Waals surface area contributed by atoms with Crippen molar-refractivity contribution >= 4 is 5.97 Å². The lowest BCUT2D eigenvalue weighted by molar-refractivity contribution is -0.157. The van der Waals surface area contributed by atoms with Gasteiger partial charge in [-0.2, -0.15) is 0 Å². The summed E-state index contributed by atoms with van der Waals surface area (Å²) in [6.45, 7) is 8.31. The van der Waals surface area contributed by atoms with Gasteiger partial charge in [0.25, 0.3) is 0 Å². The maximum Gasteiger partial charge on any atom is 0.308 e. The van der Waals surface area contributed by atoms with Gasteiger partial charge in [0.2, 0.25) is 0 Å². The molecule has 1 aliphatic carbocycles. The number of rotatable bonds is 6. The van der Waals surface area contributed by atoms with Crippen LogP contribution in [-0.2, 0) is 14.3 Å². The highest BCUT2D eigenvalue weighted by atomic mass is 16.6. The highest BCUT2D eigenvalue weighted by Gasteiger charge is 2.36. The summed E-state index contributed by atoms with van der Waals surface area (Å²) in [6.07, 6.45) is 1.20. The molecule has 1 unspecified atom stereocenters. The molecule has 0 aromatic heterocycles. The molecule has 4 nitrogen and oxygen atoms in total. The Labute approximate surface area is 103 Å². The Morgan fingerprint density at radius 2 is 2.06 bits per heavy atom. The zero-order valence-corrected chi connectivity index (χ0v) is 11.2. The van der Waals surface area contributed by atoms with Crippen LogP contribution < -0.4 is 0 Å². The van der Waals surface area contributed by atoms with E-state index in [0.717, 1.165) is 6.42 Å². The van der Waals surface area contributed by atoms with E-state index in [1.807, 2.05) is 27.7 Å². The van der Waals surface area contributed by atoms with E-state index in [9.17, 15) is 4.79 Å². The smallest absolute Gasteiger partial charge is 0.308 e. The van der Waals surface area contributed by atoms with Crippen LogP contribution in [0.3, 0.4) is 0 Å². The van der Waals surface area contributed by atoms with Gasteiger partial charge in [-0.25, -0.2) is 0 Å². The quantitative estimate of drug-likeness (QED) is 0.723. The Bertz CT molecular complexity index is 257. The van der Waals surface area contributed by atoms with E-state index in [0.29, 0.717) is 18.4 Å². The zero-order chi connectivity index (χ0) is 13.1.